The molecule has 14 heavy (non-hydrogen) atoms. The van der Waals surface area contributed by atoms with Crippen LogP contribution in [0.2, 0.25) is 0 Å². The van der Waals surface area contributed by atoms with Crippen LogP contribution in [0.15, 0.2) is 36.9 Å². The summed E-state index contributed by atoms with van der Waals surface area (Å²) >= 11 is 0. The summed E-state index contributed by atoms with van der Waals surface area (Å²) in [6, 6.07) is 9.62. The zero-order valence-corrected chi connectivity index (χ0v) is 8.16. The van der Waals surface area contributed by atoms with E-state index in [4.69, 9.17) is 5.26 Å². The topological polar surface area (TPSA) is 35.8 Å². The van der Waals surface area contributed by atoms with Gasteiger partial charge in [-0.05, 0) is 31.0 Å². The highest BCUT2D eigenvalue weighted by Gasteiger charge is 1.93. The summed E-state index contributed by atoms with van der Waals surface area (Å²) in [6.07, 6.45) is 4.00. The maximum absolute atomic E-state index is 8.68. The molecule has 0 aliphatic heterocycles. The van der Waals surface area contributed by atoms with E-state index >= 15 is 0 Å². The van der Waals surface area contributed by atoms with Crippen molar-refractivity contribution in [3.8, 4) is 6.07 Å². The molecule has 2 nitrogen and oxygen atoms in total. The summed E-state index contributed by atoms with van der Waals surface area (Å²) < 4.78 is 0. The number of nitrogens with one attached hydrogen (secondary N) is 1. The first-order valence-electron chi connectivity index (χ1n) is 4.72. The highest BCUT2D eigenvalue weighted by atomic mass is 14.9. The van der Waals surface area contributed by atoms with Gasteiger partial charge in [0.1, 0.15) is 0 Å². The van der Waals surface area contributed by atoms with Crippen molar-refractivity contribution in [1.82, 2.24) is 0 Å². The SMILES string of the molecule is C=CCCCNc1cccc(C#N)c1. The Labute approximate surface area is 84.9 Å². The van der Waals surface area contributed by atoms with E-state index < -0.39 is 0 Å². The molecule has 0 saturated carbocycles. The zero-order chi connectivity index (χ0) is 10.2. The van der Waals surface area contributed by atoms with Gasteiger partial charge in [-0.15, -0.1) is 6.58 Å². The number of nitrogens with zero attached hydrogens (tertiary/aromatic N) is 1. The van der Waals surface area contributed by atoms with Crippen LogP contribution in [0.25, 0.3) is 0 Å². The van der Waals surface area contributed by atoms with Gasteiger partial charge in [0.15, 0.2) is 0 Å². The van der Waals surface area contributed by atoms with Gasteiger partial charge < -0.3 is 5.32 Å². The lowest BCUT2D eigenvalue weighted by Gasteiger charge is -2.04. The molecular formula is C12H14N2. The van der Waals surface area contributed by atoms with E-state index in [1.165, 1.54) is 0 Å². The van der Waals surface area contributed by atoms with E-state index in [0.29, 0.717) is 5.56 Å². The van der Waals surface area contributed by atoms with Gasteiger partial charge in [0, 0.05) is 12.2 Å². The summed E-state index contributed by atoms with van der Waals surface area (Å²) in [5.41, 5.74) is 1.70. The molecule has 1 N–H and O–H groups in total. The molecule has 1 rings (SSSR count). The van der Waals surface area contributed by atoms with Crippen LogP contribution < -0.4 is 5.32 Å². The fraction of sp³-hybridized carbons (Fsp3) is 0.250. The van der Waals surface area contributed by atoms with Gasteiger partial charge in [-0.25, -0.2) is 0 Å². The summed E-state index contributed by atoms with van der Waals surface area (Å²) in [7, 11) is 0. The first-order valence-corrected chi connectivity index (χ1v) is 4.72. The molecule has 0 saturated heterocycles. The smallest absolute Gasteiger partial charge is 0.0992 e. The Balaban J connectivity index is 2.43. The molecule has 0 aliphatic carbocycles. The third-order valence-corrected chi connectivity index (χ3v) is 1.91. The molecule has 1 aromatic rings. The Bertz CT molecular complexity index is 336. The number of hydrogen-bond donors (Lipinski definition) is 1. The molecule has 1 aromatic carbocycles. The van der Waals surface area contributed by atoms with Crippen molar-refractivity contribution in [2.75, 3.05) is 11.9 Å². The van der Waals surface area contributed by atoms with Gasteiger partial charge >= 0.3 is 0 Å². The van der Waals surface area contributed by atoms with Gasteiger partial charge in [0.25, 0.3) is 0 Å². The Morgan fingerprint density at radius 3 is 3.07 bits per heavy atom. The molecule has 72 valence electrons. The number of rotatable bonds is 5. The molecule has 0 aromatic heterocycles. The summed E-state index contributed by atoms with van der Waals surface area (Å²) in [5.74, 6) is 0. The third-order valence-electron chi connectivity index (χ3n) is 1.91. The zero-order valence-electron chi connectivity index (χ0n) is 8.16. The second-order valence-corrected chi connectivity index (χ2v) is 3.05. The minimum atomic E-state index is 0.693. The molecule has 2 heteroatoms. The number of benzene rings is 1. The predicted molar refractivity (Wildman–Crippen MR) is 59.1 cm³/mol. The Morgan fingerprint density at radius 1 is 1.50 bits per heavy atom. The van der Waals surface area contributed by atoms with Gasteiger partial charge in [-0.1, -0.05) is 12.1 Å². The van der Waals surface area contributed by atoms with Crippen molar-refractivity contribution in [3.05, 3.63) is 42.5 Å². The van der Waals surface area contributed by atoms with Crippen molar-refractivity contribution in [2.45, 2.75) is 12.8 Å². The highest BCUT2D eigenvalue weighted by Crippen LogP contribution is 2.09. The number of anilines is 1. The third kappa shape index (κ3) is 3.32. The highest BCUT2D eigenvalue weighted by molar-refractivity contribution is 5.48. The van der Waals surface area contributed by atoms with Crippen molar-refractivity contribution in [3.63, 3.8) is 0 Å². The summed E-state index contributed by atoms with van der Waals surface area (Å²) in [6.45, 7) is 4.58. The molecule has 0 bridgehead atoms. The van der Waals surface area contributed by atoms with Crippen LogP contribution in [0.1, 0.15) is 18.4 Å². The average molecular weight is 186 g/mol. The average Bonchev–Trinajstić information content (AvgIpc) is 2.25. The number of hydrogen-bond acceptors (Lipinski definition) is 2. The molecule has 0 spiro atoms. The quantitative estimate of drug-likeness (QED) is 0.567. The first kappa shape index (κ1) is 10.3. The minimum Gasteiger partial charge on any atom is -0.385 e. The molecular weight excluding hydrogens is 172 g/mol. The van der Waals surface area contributed by atoms with E-state index in [1.807, 2.05) is 24.3 Å². The van der Waals surface area contributed by atoms with Gasteiger partial charge in [0.2, 0.25) is 0 Å². The summed E-state index contributed by atoms with van der Waals surface area (Å²) in [5, 5.41) is 11.9. The largest absolute Gasteiger partial charge is 0.385 e. The molecule has 0 atom stereocenters. The van der Waals surface area contributed by atoms with Crippen LogP contribution in [-0.2, 0) is 0 Å². The minimum absolute atomic E-state index is 0.693. The van der Waals surface area contributed by atoms with E-state index in [0.717, 1.165) is 25.1 Å². The van der Waals surface area contributed by atoms with Crippen molar-refractivity contribution < 1.29 is 0 Å². The van der Waals surface area contributed by atoms with E-state index in [9.17, 15) is 0 Å². The fourth-order valence-corrected chi connectivity index (χ4v) is 1.18. The van der Waals surface area contributed by atoms with Crippen LogP contribution in [0.3, 0.4) is 0 Å². The monoisotopic (exact) mass is 186 g/mol. The van der Waals surface area contributed by atoms with Crippen LogP contribution in [0, 0.1) is 11.3 Å². The Morgan fingerprint density at radius 2 is 2.36 bits per heavy atom. The second-order valence-electron chi connectivity index (χ2n) is 3.05. The lowest BCUT2D eigenvalue weighted by Crippen LogP contribution is -2.00. The van der Waals surface area contributed by atoms with Crippen LogP contribution in [0.4, 0.5) is 5.69 Å². The van der Waals surface area contributed by atoms with Gasteiger partial charge in [0.05, 0.1) is 11.6 Å². The van der Waals surface area contributed by atoms with E-state index in [-0.39, 0.29) is 0 Å². The van der Waals surface area contributed by atoms with E-state index in [2.05, 4.69) is 18.0 Å². The number of allylic oxidation sites excluding steroid dienone is 1. The van der Waals surface area contributed by atoms with Crippen molar-refractivity contribution in [1.29, 1.82) is 5.26 Å². The summed E-state index contributed by atoms with van der Waals surface area (Å²) in [4.78, 5) is 0. The maximum atomic E-state index is 8.68. The second kappa shape index (κ2) is 5.82. The Kier molecular flexibility index (Phi) is 4.30. The molecule has 0 unspecified atom stereocenters. The predicted octanol–water partition coefficient (Wildman–Crippen LogP) is 2.94. The fourth-order valence-electron chi connectivity index (χ4n) is 1.18. The number of unbranched alkanes of at least 4 members (excludes halogenated alkanes) is 1. The molecule has 0 radical (unpaired) electrons. The normalized spacial score (nSPS) is 9.07. The van der Waals surface area contributed by atoms with Crippen LogP contribution in [0.5, 0.6) is 0 Å². The maximum Gasteiger partial charge on any atom is 0.0992 e. The molecule has 0 heterocycles. The molecule has 0 fully saturated rings. The Hall–Kier alpha value is -1.75. The standard InChI is InChI=1S/C12H14N2/c1-2-3-4-8-14-12-7-5-6-11(9-12)10-13/h2,5-7,9,14H,1,3-4,8H2. The van der Waals surface area contributed by atoms with Crippen molar-refractivity contribution in [2.24, 2.45) is 0 Å². The number of nitriles is 1. The lowest BCUT2D eigenvalue weighted by molar-refractivity contribution is 0.891. The van der Waals surface area contributed by atoms with Crippen LogP contribution >= 0.6 is 0 Å². The van der Waals surface area contributed by atoms with Gasteiger partial charge in [-0.3, -0.25) is 0 Å². The van der Waals surface area contributed by atoms with Crippen molar-refractivity contribution >= 4 is 5.69 Å². The van der Waals surface area contributed by atoms with Gasteiger partial charge in [-0.2, -0.15) is 5.26 Å². The molecule has 0 amide bonds. The lowest BCUT2D eigenvalue weighted by atomic mass is 10.2. The van der Waals surface area contributed by atoms with Crippen LogP contribution in [-0.4, -0.2) is 6.54 Å². The van der Waals surface area contributed by atoms with E-state index in [1.54, 1.807) is 6.07 Å². The first-order chi connectivity index (χ1) is 6.86. The molecule has 0 aliphatic rings.